The number of amides is 1. The van der Waals surface area contributed by atoms with E-state index >= 15 is 0 Å². The third-order valence-electron chi connectivity index (χ3n) is 6.93. The van der Waals surface area contributed by atoms with E-state index in [1.54, 1.807) is 6.20 Å². The molecule has 5 rings (SSSR count). The number of carbonyl (C=O) groups excluding carboxylic acids is 1. The fourth-order valence-electron chi connectivity index (χ4n) is 5.29. The highest BCUT2D eigenvalue weighted by Crippen LogP contribution is 2.33. The van der Waals surface area contributed by atoms with E-state index in [9.17, 15) is 4.79 Å². The Labute approximate surface area is 182 Å². The van der Waals surface area contributed by atoms with Crippen molar-refractivity contribution in [3.8, 4) is 0 Å². The molecule has 1 aliphatic carbocycles. The van der Waals surface area contributed by atoms with Crippen LogP contribution in [0, 0.1) is 5.92 Å². The average Bonchev–Trinajstić information content (AvgIpc) is 3.41. The molecule has 1 amide bonds. The second-order valence-electron chi connectivity index (χ2n) is 9.08. The maximum Gasteiger partial charge on any atom is 0.265 e. The van der Waals surface area contributed by atoms with Crippen LogP contribution in [0.2, 0.25) is 0 Å². The van der Waals surface area contributed by atoms with Crippen LogP contribution in [0.5, 0.6) is 0 Å². The monoisotopic (exact) mass is 425 g/mol. The summed E-state index contributed by atoms with van der Waals surface area (Å²) in [7, 11) is 0. The summed E-state index contributed by atoms with van der Waals surface area (Å²) in [5.74, 6) is 0.944. The second-order valence-corrected chi connectivity index (χ2v) is 10.1. The van der Waals surface area contributed by atoms with Gasteiger partial charge < -0.3 is 10.2 Å². The zero-order valence-corrected chi connectivity index (χ0v) is 18.5. The molecule has 2 atom stereocenters. The van der Waals surface area contributed by atoms with Crippen molar-refractivity contribution in [1.29, 1.82) is 0 Å². The number of hydrogen-bond donors (Lipinski definition) is 1. The topological polar surface area (TPSA) is 61.4 Å². The molecule has 2 aromatic rings. The van der Waals surface area contributed by atoms with Gasteiger partial charge in [0.05, 0.1) is 17.9 Å². The molecular formula is C23H31N5OS. The molecule has 1 N–H and O–H groups in total. The number of hydrogen-bond acceptors (Lipinski definition) is 6. The van der Waals surface area contributed by atoms with Crippen molar-refractivity contribution in [2.45, 2.75) is 57.5 Å². The van der Waals surface area contributed by atoms with Crippen LogP contribution in [0.3, 0.4) is 0 Å². The van der Waals surface area contributed by atoms with Gasteiger partial charge in [-0.1, -0.05) is 24.3 Å². The molecule has 0 bridgehead atoms. The van der Waals surface area contributed by atoms with E-state index in [1.165, 1.54) is 42.8 Å². The van der Waals surface area contributed by atoms with Crippen LogP contribution in [-0.4, -0.2) is 57.9 Å². The average molecular weight is 426 g/mol. The Kier molecular flexibility index (Phi) is 5.74. The zero-order valence-electron chi connectivity index (χ0n) is 17.7. The van der Waals surface area contributed by atoms with Gasteiger partial charge in [-0.3, -0.25) is 14.7 Å². The summed E-state index contributed by atoms with van der Waals surface area (Å²) >= 11 is 1.47. The van der Waals surface area contributed by atoms with Gasteiger partial charge in [0.1, 0.15) is 4.88 Å². The Morgan fingerprint density at radius 3 is 2.87 bits per heavy atom. The van der Waals surface area contributed by atoms with Crippen molar-refractivity contribution in [2.75, 3.05) is 31.5 Å². The highest BCUT2D eigenvalue weighted by Gasteiger charge is 2.30. The number of likely N-dealkylation sites (tertiary alicyclic amines) is 2. The summed E-state index contributed by atoms with van der Waals surface area (Å²) < 4.78 is 0. The van der Waals surface area contributed by atoms with Crippen LogP contribution < -0.4 is 5.32 Å². The van der Waals surface area contributed by atoms with Crippen LogP contribution in [0.15, 0.2) is 24.5 Å². The Balaban J connectivity index is 1.17. The van der Waals surface area contributed by atoms with E-state index in [1.807, 2.05) is 17.2 Å². The van der Waals surface area contributed by atoms with Gasteiger partial charge in [-0.05, 0) is 62.6 Å². The fraction of sp³-hybridized carbons (Fsp3) is 0.609. The van der Waals surface area contributed by atoms with Crippen molar-refractivity contribution < 1.29 is 4.79 Å². The van der Waals surface area contributed by atoms with Gasteiger partial charge in [-0.2, -0.15) is 0 Å². The first-order chi connectivity index (χ1) is 14.7. The molecule has 160 valence electrons. The Hall–Kier alpha value is -1.99. The smallest absolute Gasteiger partial charge is 0.265 e. The predicted octanol–water partition coefficient (Wildman–Crippen LogP) is 3.97. The van der Waals surface area contributed by atoms with Gasteiger partial charge in [0.25, 0.3) is 5.91 Å². The van der Waals surface area contributed by atoms with Crippen molar-refractivity contribution in [3.63, 3.8) is 0 Å². The van der Waals surface area contributed by atoms with Gasteiger partial charge in [0.2, 0.25) is 0 Å². The minimum absolute atomic E-state index is 0.135. The van der Waals surface area contributed by atoms with Crippen LogP contribution in [0.1, 0.15) is 66.0 Å². The summed E-state index contributed by atoms with van der Waals surface area (Å²) in [6.07, 6.45) is 10.5. The number of fused-ring (bicyclic) bond motifs is 1. The van der Waals surface area contributed by atoms with Crippen molar-refractivity contribution >= 4 is 22.4 Å². The Bertz CT molecular complexity index is 891. The molecule has 30 heavy (non-hydrogen) atoms. The lowest BCUT2D eigenvalue weighted by Crippen LogP contribution is -2.49. The van der Waals surface area contributed by atoms with Crippen LogP contribution in [-0.2, 0) is 6.42 Å². The van der Waals surface area contributed by atoms with Crippen LogP contribution >= 0.6 is 11.3 Å². The van der Waals surface area contributed by atoms with E-state index < -0.39 is 0 Å². The van der Waals surface area contributed by atoms with E-state index in [0.29, 0.717) is 6.04 Å². The number of thiazole rings is 1. The number of aromatic nitrogens is 2. The fourth-order valence-corrected chi connectivity index (χ4v) is 6.13. The quantitative estimate of drug-likeness (QED) is 0.803. The minimum atomic E-state index is 0.135. The van der Waals surface area contributed by atoms with Gasteiger partial charge in [-0.15, -0.1) is 0 Å². The molecule has 2 fully saturated rings. The number of rotatable bonds is 4. The van der Waals surface area contributed by atoms with E-state index in [2.05, 4.69) is 33.2 Å². The lowest BCUT2D eigenvalue weighted by Gasteiger charge is -2.41. The number of pyridine rings is 1. The molecule has 2 saturated heterocycles. The molecule has 4 heterocycles. The van der Waals surface area contributed by atoms with Crippen LogP contribution in [0.25, 0.3) is 0 Å². The first-order valence-corrected chi connectivity index (χ1v) is 12.2. The number of carbonyl (C=O) groups is 1. The van der Waals surface area contributed by atoms with E-state index in [4.69, 9.17) is 0 Å². The molecule has 0 aromatic carbocycles. The largest absolute Gasteiger partial charge is 0.353 e. The second kappa shape index (κ2) is 8.63. The third kappa shape index (κ3) is 4.10. The van der Waals surface area contributed by atoms with Crippen molar-refractivity contribution in [1.82, 2.24) is 19.8 Å². The normalized spacial score (nSPS) is 25.3. The number of aryl methyl sites for hydroxylation is 1. The summed E-state index contributed by atoms with van der Waals surface area (Å²) in [5, 5.41) is 4.32. The maximum absolute atomic E-state index is 13.0. The highest BCUT2D eigenvalue weighted by molar-refractivity contribution is 7.17. The molecule has 7 heteroatoms. The summed E-state index contributed by atoms with van der Waals surface area (Å²) in [4.78, 5) is 27.5. The number of anilines is 1. The Morgan fingerprint density at radius 2 is 2.03 bits per heavy atom. The van der Waals surface area contributed by atoms with Gasteiger partial charge in [0, 0.05) is 31.9 Å². The SMILES string of the molecule is C[C@@H]1CCCN(C2CCN(C(=O)c3cnc(NC4CCc5cccnc54)s3)CC2)C1. The van der Waals surface area contributed by atoms with E-state index in [-0.39, 0.29) is 11.9 Å². The molecule has 1 unspecified atom stereocenters. The van der Waals surface area contributed by atoms with Crippen LogP contribution in [0.4, 0.5) is 5.13 Å². The summed E-state index contributed by atoms with van der Waals surface area (Å²) in [6.45, 7) is 6.53. The molecule has 0 spiro atoms. The maximum atomic E-state index is 13.0. The molecule has 0 saturated carbocycles. The van der Waals surface area contributed by atoms with E-state index in [0.717, 1.165) is 60.4 Å². The highest BCUT2D eigenvalue weighted by atomic mass is 32.1. The summed E-state index contributed by atoms with van der Waals surface area (Å²) in [5.41, 5.74) is 2.43. The lowest BCUT2D eigenvalue weighted by molar-refractivity contribution is 0.0545. The molecule has 2 aliphatic heterocycles. The van der Waals surface area contributed by atoms with Crippen molar-refractivity contribution in [3.05, 3.63) is 40.7 Å². The molecular weight excluding hydrogens is 394 g/mol. The first kappa shape index (κ1) is 19.9. The Morgan fingerprint density at radius 1 is 1.17 bits per heavy atom. The van der Waals surface area contributed by atoms with Crippen molar-refractivity contribution in [2.24, 2.45) is 5.92 Å². The predicted molar refractivity (Wildman–Crippen MR) is 120 cm³/mol. The molecule has 6 nitrogen and oxygen atoms in total. The lowest BCUT2D eigenvalue weighted by atomic mass is 9.95. The molecule has 3 aliphatic rings. The molecule has 0 radical (unpaired) electrons. The first-order valence-electron chi connectivity index (χ1n) is 11.4. The number of nitrogens with one attached hydrogen (secondary N) is 1. The molecule has 2 aromatic heterocycles. The minimum Gasteiger partial charge on any atom is -0.353 e. The standard InChI is InChI=1S/C23H31N5OS/c1-16-4-3-11-28(15-16)18-8-12-27(13-9-18)22(29)20-14-25-23(30-20)26-19-7-6-17-5-2-10-24-21(17)19/h2,5,10,14,16,18-19H,3-4,6-9,11-13,15H2,1H3,(H,25,26)/t16-,19?/m1/s1. The number of piperidine rings is 2. The van der Waals surface area contributed by atoms with Gasteiger partial charge in [-0.25, -0.2) is 4.98 Å². The van der Waals surface area contributed by atoms with Gasteiger partial charge in [0.15, 0.2) is 5.13 Å². The number of nitrogens with zero attached hydrogens (tertiary/aromatic N) is 4. The zero-order chi connectivity index (χ0) is 20.5. The summed E-state index contributed by atoms with van der Waals surface area (Å²) in [6, 6.07) is 4.98. The third-order valence-corrected chi connectivity index (χ3v) is 7.85. The van der Waals surface area contributed by atoms with Gasteiger partial charge >= 0.3 is 0 Å².